The van der Waals surface area contributed by atoms with Crippen molar-refractivity contribution < 1.29 is 9.59 Å². The highest BCUT2D eigenvalue weighted by Crippen LogP contribution is 2.49. The topological polar surface area (TPSA) is 87.5 Å². The van der Waals surface area contributed by atoms with E-state index < -0.39 is 11.9 Å². The monoisotopic (exact) mass is 390 g/mol. The quantitative estimate of drug-likeness (QED) is 0.744. The van der Waals surface area contributed by atoms with Crippen LogP contribution in [0.3, 0.4) is 0 Å². The van der Waals surface area contributed by atoms with Crippen LogP contribution >= 0.6 is 22.9 Å². The highest BCUT2D eigenvalue weighted by molar-refractivity contribution is 7.17. The molecule has 2 aliphatic rings. The van der Waals surface area contributed by atoms with E-state index in [0.717, 1.165) is 29.7 Å². The lowest BCUT2D eigenvalue weighted by Gasteiger charge is -2.31. The molecule has 2 aliphatic heterocycles. The molecule has 4 N–H and O–H groups in total. The predicted molar refractivity (Wildman–Crippen MR) is 104 cm³/mol. The van der Waals surface area contributed by atoms with Gasteiger partial charge >= 0.3 is 6.03 Å². The molecule has 2 aromatic rings. The molecule has 3 amide bonds. The van der Waals surface area contributed by atoms with Crippen LogP contribution in [0.1, 0.15) is 39.7 Å². The van der Waals surface area contributed by atoms with Crippen LogP contribution in [0.2, 0.25) is 5.02 Å². The molecule has 0 saturated carbocycles. The fraction of sp³-hybridized carbons (Fsp3) is 0.333. The van der Waals surface area contributed by atoms with Crippen molar-refractivity contribution in [3.63, 3.8) is 0 Å². The summed E-state index contributed by atoms with van der Waals surface area (Å²) < 4.78 is 0. The summed E-state index contributed by atoms with van der Waals surface area (Å²) in [6.45, 7) is 0. The van der Waals surface area contributed by atoms with Gasteiger partial charge in [-0.3, -0.25) is 15.0 Å². The molecule has 1 aromatic carbocycles. The number of urea groups is 1. The molecular formula is C18H19ClN4O2S. The summed E-state index contributed by atoms with van der Waals surface area (Å²) in [6.07, 6.45) is 3.04. The van der Waals surface area contributed by atoms with Crippen LogP contribution < -0.4 is 16.4 Å². The Balaban J connectivity index is 1.60. The fourth-order valence-corrected chi connectivity index (χ4v) is 5.40. The van der Waals surface area contributed by atoms with Gasteiger partial charge in [-0.25, -0.2) is 4.79 Å². The van der Waals surface area contributed by atoms with Crippen molar-refractivity contribution in [3.05, 3.63) is 45.3 Å². The Morgan fingerprint density at radius 3 is 2.65 bits per heavy atom. The van der Waals surface area contributed by atoms with Gasteiger partial charge in [0, 0.05) is 27.7 Å². The molecule has 0 unspecified atom stereocenters. The Hall–Kier alpha value is -2.09. The van der Waals surface area contributed by atoms with Crippen LogP contribution in [0.25, 0.3) is 0 Å². The summed E-state index contributed by atoms with van der Waals surface area (Å²) in [7, 11) is 2.09. The van der Waals surface area contributed by atoms with Gasteiger partial charge in [-0.2, -0.15) is 0 Å². The number of nitrogens with one attached hydrogen (secondary N) is 2. The molecule has 4 rings (SSSR count). The predicted octanol–water partition coefficient (Wildman–Crippen LogP) is 3.84. The van der Waals surface area contributed by atoms with Crippen molar-refractivity contribution in [1.29, 1.82) is 0 Å². The van der Waals surface area contributed by atoms with Crippen molar-refractivity contribution in [3.8, 4) is 0 Å². The second-order valence-electron chi connectivity index (χ2n) is 6.71. The average Bonchev–Trinajstić information content (AvgIpc) is 3.05. The van der Waals surface area contributed by atoms with Gasteiger partial charge in [0.25, 0.3) is 5.91 Å². The van der Waals surface area contributed by atoms with Crippen LogP contribution in [0.5, 0.6) is 0 Å². The lowest BCUT2D eigenvalue weighted by Crippen LogP contribution is -2.34. The number of benzene rings is 1. The van der Waals surface area contributed by atoms with Gasteiger partial charge in [-0.15, -0.1) is 11.3 Å². The van der Waals surface area contributed by atoms with Gasteiger partial charge in [0.1, 0.15) is 5.00 Å². The average molecular weight is 391 g/mol. The molecule has 0 spiro atoms. The Bertz CT molecular complexity index is 880. The van der Waals surface area contributed by atoms with Crippen molar-refractivity contribution in [1.82, 2.24) is 4.90 Å². The number of rotatable bonds is 3. The van der Waals surface area contributed by atoms with E-state index in [0.29, 0.717) is 27.3 Å². The van der Waals surface area contributed by atoms with Gasteiger partial charge in [0.05, 0.1) is 5.56 Å². The van der Waals surface area contributed by atoms with E-state index in [1.807, 2.05) is 0 Å². The number of hydrogen-bond donors (Lipinski definition) is 3. The molecule has 1 fully saturated rings. The van der Waals surface area contributed by atoms with E-state index in [2.05, 4.69) is 22.6 Å². The maximum atomic E-state index is 12.4. The van der Waals surface area contributed by atoms with Crippen LogP contribution in [-0.4, -0.2) is 29.9 Å². The second-order valence-corrected chi connectivity index (χ2v) is 8.25. The molecule has 6 nitrogen and oxygen atoms in total. The number of anilines is 2. The van der Waals surface area contributed by atoms with Gasteiger partial charge in [0.2, 0.25) is 0 Å². The maximum Gasteiger partial charge on any atom is 0.324 e. The highest BCUT2D eigenvalue weighted by Gasteiger charge is 2.42. The number of thiophene rings is 1. The summed E-state index contributed by atoms with van der Waals surface area (Å²) >= 11 is 7.31. The first-order chi connectivity index (χ1) is 12.4. The standard InChI is InChI=1S/C18H19ClN4O2S/c1-23-11-6-7-12(23)14-13(8-11)26-17(15(14)16(20)24)22-18(25)21-10-4-2-9(19)3-5-10/h2-5,11-12H,6-8H2,1H3,(H2,20,24)(H2,21,22,25)/t11-,12+/m0/s1. The van der Waals surface area contributed by atoms with Gasteiger partial charge < -0.3 is 11.1 Å². The molecular weight excluding hydrogens is 372 g/mol. The molecule has 1 saturated heterocycles. The van der Waals surface area contributed by atoms with E-state index in [4.69, 9.17) is 17.3 Å². The number of amides is 3. The minimum atomic E-state index is -0.497. The fourth-order valence-electron chi connectivity index (χ4n) is 3.95. The number of carbonyl (C=O) groups excluding carboxylic acids is 2. The van der Waals surface area contributed by atoms with Crippen molar-refractivity contribution in [2.24, 2.45) is 5.73 Å². The first-order valence-electron chi connectivity index (χ1n) is 8.45. The van der Waals surface area contributed by atoms with Crippen LogP contribution in [0.15, 0.2) is 24.3 Å². The van der Waals surface area contributed by atoms with Crippen molar-refractivity contribution in [2.45, 2.75) is 31.3 Å². The van der Waals surface area contributed by atoms with E-state index in [-0.39, 0.29) is 6.04 Å². The number of halogens is 1. The smallest absolute Gasteiger partial charge is 0.324 e. The summed E-state index contributed by atoms with van der Waals surface area (Å²) in [6, 6.07) is 7.12. The Morgan fingerprint density at radius 1 is 1.23 bits per heavy atom. The zero-order valence-electron chi connectivity index (χ0n) is 14.2. The summed E-state index contributed by atoms with van der Waals surface area (Å²) in [5.41, 5.74) is 7.74. The van der Waals surface area contributed by atoms with E-state index >= 15 is 0 Å². The number of hydrogen-bond acceptors (Lipinski definition) is 4. The first kappa shape index (κ1) is 17.3. The van der Waals surface area contributed by atoms with Crippen molar-refractivity contribution in [2.75, 3.05) is 17.7 Å². The Kier molecular flexibility index (Phi) is 4.38. The number of primary amides is 1. The largest absolute Gasteiger partial charge is 0.365 e. The molecule has 2 bridgehead atoms. The van der Waals surface area contributed by atoms with E-state index in [1.54, 1.807) is 24.3 Å². The lowest BCUT2D eigenvalue weighted by atomic mass is 9.97. The summed E-state index contributed by atoms with van der Waals surface area (Å²) in [4.78, 5) is 28.0. The summed E-state index contributed by atoms with van der Waals surface area (Å²) in [5, 5.41) is 6.66. The SMILES string of the molecule is CN1[C@H]2CC[C@@H]1c1c(sc(NC(=O)Nc3ccc(Cl)cc3)c1C(N)=O)C2. The van der Waals surface area contributed by atoms with Crippen LogP contribution in [0, 0.1) is 0 Å². The number of nitrogens with two attached hydrogens (primary N) is 1. The van der Waals surface area contributed by atoms with Gasteiger partial charge in [-0.05, 0) is 56.1 Å². The third kappa shape index (κ3) is 2.96. The lowest BCUT2D eigenvalue weighted by molar-refractivity contribution is 0.0997. The number of carbonyl (C=O) groups is 2. The molecule has 2 atom stereocenters. The third-order valence-electron chi connectivity index (χ3n) is 5.19. The van der Waals surface area contributed by atoms with E-state index in [9.17, 15) is 9.59 Å². The Labute approximate surface area is 160 Å². The zero-order valence-corrected chi connectivity index (χ0v) is 15.8. The number of nitrogens with zero attached hydrogens (tertiary/aromatic N) is 1. The number of fused-ring (bicyclic) bond motifs is 4. The number of likely N-dealkylation sites (N-methyl/N-ethyl adjacent to an activating group) is 1. The molecule has 8 heteroatoms. The molecule has 1 aromatic heterocycles. The second kappa shape index (κ2) is 6.57. The molecule has 0 aliphatic carbocycles. The zero-order chi connectivity index (χ0) is 18.4. The van der Waals surface area contributed by atoms with Gasteiger partial charge in [0.15, 0.2) is 0 Å². The van der Waals surface area contributed by atoms with E-state index in [1.165, 1.54) is 11.3 Å². The molecule has 0 radical (unpaired) electrons. The minimum absolute atomic E-state index is 0.206. The minimum Gasteiger partial charge on any atom is -0.365 e. The summed E-state index contributed by atoms with van der Waals surface area (Å²) in [5.74, 6) is -0.497. The molecule has 136 valence electrons. The third-order valence-corrected chi connectivity index (χ3v) is 6.59. The van der Waals surface area contributed by atoms with Crippen LogP contribution in [-0.2, 0) is 6.42 Å². The van der Waals surface area contributed by atoms with Crippen LogP contribution in [0.4, 0.5) is 15.5 Å². The van der Waals surface area contributed by atoms with Gasteiger partial charge in [-0.1, -0.05) is 11.6 Å². The Morgan fingerprint density at radius 2 is 1.96 bits per heavy atom. The molecule has 26 heavy (non-hydrogen) atoms. The first-order valence-corrected chi connectivity index (χ1v) is 9.64. The highest BCUT2D eigenvalue weighted by atomic mass is 35.5. The molecule has 3 heterocycles. The normalized spacial score (nSPS) is 21.3. The van der Waals surface area contributed by atoms with Crippen molar-refractivity contribution >= 4 is 45.6 Å². The maximum absolute atomic E-state index is 12.4.